The fraction of sp³-hybridized carbons (Fsp3) is 0.417. The third-order valence-electron chi connectivity index (χ3n) is 2.50. The largest absolute Gasteiger partial charge is 0.489 e. The highest BCUT2D eigenvalue weighted by atomic mass is 35.5. The number of halogens is 1. The van der Waals surface area contributed by atoms with Crippen LogP contribution in [0, 0.1) is 6.92 Å². The Labute approximate surface area is 126 Å². The summed E-state index contributed by atoms with van der Waals surface area (Å²) in [4.78, 5) is 0. The minimum Gasteiger partial charge on any atom is -0.489 e. The summed E-state index contributed by atoms with van der Waals surface area (Å²) in [5, 5.41) is 22.1. The van der Waals surface area contributed by atoms with Crippen molar-refractivity contribution in [2.24, 2.45) is 7.05 Å². The number of aromatic nitrogens is 4. The van der Waals surface area contributed by atoms with Crippen LogP contribution in [0.5, 0.6) is 5.75 Å². The van der Waals surface area contributed by atoms with Gasteiger partial charge in [-0.25, -0.2) is 4.68 Å². The molecule has 6 nitrogen and oxygen atoms in total. The maximum atomic E-state index is 9.89. The molecular formula is C12H15ClN4O2S. The van der Waals surface area contributed by atoms with Gasteiger partial charge in [0, 0.05) is 12.8 Å². The lowest BCUT2D eigenvalue weighted by molar-refractivity contribution is 0.126. The number of nitrogens with zero attached hydrogens (tertiary/aromatic N) is 4. The number of aliphatic hydroxyl groups is 1. The van der Waals surface area contributed by atoms with Gasteiger partial charge in [0.1, 0.15) is 12.4 Å². The number of hydrogen-bond donors (Lipinski definition) is 1. The van der Waals surface area contributed by atoms with E-state index in [1.807, 2.05) is 19.1 Å². The molecule has 8 heteroatoms. The second-order valence-electron chi connectivity index (χ2n) is 4.29. The summed E-state index contributed by atoms with van der Waals surface area (Å²) >= 11 is 7.39. The number of rotatable bonds is 6. The second kappa shape index (κ2) is 6.92. The predicted octanol–water partition coefficient (Wildman–Crippen LogP) is 1.70. The molecule has 0 saturated carbocycles. The van der Waals surface area contributed by atoms with E-state index >= 15 is 0 Å². The van der Waals surface area contributed by atoms with Gasteiger partial charge < -0.3 is 9.84 Å². The second-order valence-corrected chi connectivity index (χ2v) is 5.69. The van der Waals surface area contributed by atoms with Gasteiger partial charge in [0.2, 0.25) is 5.16 Å². The molecule has 0 spiro atoms. The SMILES string of the molecule is Cc1ccc(Cl)c(OCC(O)CSc2nnnn2C)c1. The first-order valence-corrected chi connectivity index (χ1v) is 7.35. The van der Waals surface area contributed by atoms with E-state index < -0.39 is 6.10 Å². The van der Waals surface area contributed by atoms with Crippen LogP contribution in [0.4, 0.5) is 0 Å². The molecule has 20 heavy (non-hydrogen) atoms. The van der Waals surface area contributed by atoms with Crippen LogP contribution in [0.1, 0.15) is 5.56 Å². The summed E-state index contributed by atoms with van der Waals surface area (Å²) in [7, 11) is 1.75. The molecule has 0 radical (unpaired) electrons. The Morgan fingerprint density at radius 3 is 3.00 bits per heavy atom. The van der Waals surface area contributed by atoms with Crippen LogP contribution in [-0.2, 0) is 7.05 Å². The lowest BCUT2D eigenvalue weighted by Gasteiger charge is -2.13. The number of aliphatic hydroxyl groups excluding tert-OH is 1. The molecule has 0 amide bonds. The van der Waals surface area contributed by atoms with Gasteiger partial charge in [-0.1, -0.05) is 29.4 Å². The van der Waals surface area contributed by atoms with Crippen LogP contribution in [0.3, 0.4) is 0 Å². The van der Waals surface area contributed by atoms with E-state index in [0.717, 1.165) is 5.56 Å². The average Bonchev–Trinajstić information content (AvgIpc) is 2.83. The first-order chi connectivity index (χ1) is 9.56. The molecule has 0 aliphatic heterocycles. The summed E-state index contributed by atoms with van der Waals surface area (Å²) < 4.78 is 7.08. The molecule has 108 valence electrons. The Morgan fingerprint density at radius 1 is 1.50 bits per heavy atom. The van der Waals surface area contributed by atoms with E-state index in [2.05, 4.69) is 15.5 Å². The van der Waals surface area contributed by atoms with Gasteiger partial charge >= 0.3 is 0 Å². The van der Waals surface area contributed by atoms with Gasteiger partial charge in [0.05, 0.1) is 11.1 Å². The molecular weight excluding hydrogens is 300 g/mol. The molecule has 1 aromatic carbocycles. The van der Waals surface area contributed by atoms with E-state index in [9.17, 15) is 5.11 Å². The van der Waals surface area contributed by atoms with Crippen LogP contribution in [0.25, 0.3) is 0 Å². The van der Waals surface area contributed by atoms with Crippen molar-refractivity contribution in [1.82, 2.24) is 20.2 Å². The summed E-state index contributed by atoms with van der Waals surface area (Å²) in [6, 6.07) is 5.52. The molecule has 0 fully saturated rings. The zero-order valence-electron chi connectivity index (χ0n) is 11.2. The van der Waals surface area contributed by atoms with Crippen molar-refractivity contribution in [3.8, 4) is 5.75 Å². The molecule has 1 atom stereocenters. The highest BCUT2D eigenvalue weighted by Crippen LogP contribution is 2.25. The molecule has 0 aliphatic carbocycles. The molecule has 0 saturated heterocycles. The number of aryl methyl sites for hydroxylation is 2. The smallest absolute Gasteiger partial charge is 0.209 e. The third kappa shape index (κ3) is 4.09. The first-order valence-electron chi connectivity index (χ1n) is 5.98. The zero-order valence-corrected chi connectivity index (χ0v) is 12.7. The quantitative estimate of drug-likeness (QED) is 0.818. The van der Waals surface area contributed by atoms with E-state index in [-0.39, 0.29) is 6.61 Å². The Balaban J connectivity index is 1.81. The lowest BCUT2D eigenvalue weighted by Crippen LogP contribution is -2.20. The van der Waals surface area contributed by atoms with Crippen LogP contribution in [0.2, 0.25) is 5.02 Å². The number of benzene rings is 1. The minimum atomic E-state index is -0.631. The fourth-order valence-corrected chi connectivity index (χ4v) is 2.40. The monoisotopic (exact) mass is 314 g/mol. The fourth-order valence-electron chi connectivity index (χ4n) is 1.47. The zero-order chi connectivity index (χ0) is 14.5. The standard InChI is InChI=1S/C12H15ClN4O2S/c1-8-3-4-10(13)11(5-8)19-6-9(18)7-20-12-14-15-16-17(12)2/h3-5,9,18H,6-7H2,1-2H3. The molecule has 0 bridgehead atoms. The maximum absolute atomic E-state index is 9.89. The number of ether oxygens (including phenoxy) is 1. The van der Waals surface area contributed by atoms with Crippen molar-refractivity contribution in [1.29, 1.82) is 0 Å². The molecule has 2 rings (SSSR count). The molecule has 2 aromatic rings. The van der Waals surface area contributed by atoms with Crippen LogP contribution in [-0.4, -0.2) is 43.8 Å². The molecule has 0 aliphatic rings. The molecule has 1 unspecified atom stereocenters. The van der Waals surface area contributed by atoms with E-state index in [1.165, 1.54) is 11.8 Å². The Morgan fingerprint density at radius 2 is 2.30 bits per heavy atom. The van der Waals surface area contributed by atoms with Gasteiger partial charge in [0.25, 0.3) is 0 Å². The van der Waals surface area contributed by atoms with Crippen LogP contribution < -0.4 is 4.74 Å². The summed E-state index contributed by atoms with van der Waals surface area (Å²) in [5.41, 5.74) is 1.05. The number of tetrazole rings is 1. The number of hydrogen-bond acceptors (Lipinski definition) is 6. The Bertz CT molecular complexity index is 578. The highest BCUT2D eigenvalue weighted by Gasteiger charge is 2.11. The minimum absolute atomic E-state index is 0.168. The van der Waals surface area contributed by atoms with Gasteiger partial charge in [-0.3, -0.25) is 0 Å². The average molecular weight is 315 g/mol. The molecule has 1 aromatic heterocycles. The highest BCUT2D eigenvalue weighted by molar-refractivity contribution is 7.99. The van der Waals surface area contributed by atoms with Gasteiger partial charge in [-0.15, -0.1) is 5.10 Å². The van der Waals surface area contributed by atoms with Crippen molar-refractivity contribution < 1.29 is 9.84 Å². The van der Waals surface area contributed by atoms with E-state index in [0.29, 0.717) is 21.7 Å². The topological polar surface area (TPSA) is 73.1 Å². The van der Waals surface area contributed by atoms with Crippen molar-refractivity contribution in [2.45, 2.75) is 18.2 Å². The normalized spacial score (nSPS) is 12.4. The van der Waals surface area contributed by atoms with Gasteiger partial charge in [-0.05, 0) is 35.0 Å². The van der Waals surface area contributed by atoms with Gasteiger partial charge in [-0.2, -0.15) is 0 Å². The summed E-state index contributed by atoms with van der Waals surface area (Å²) in [5.74, 6) is 1.02. The van der Waals surface area contributed by atoms with E-state index in [4.69, 9.17) is 16.3 Å². The van der Waals surface area contributed by atoms with Crippen molar-refractivity contribution >= 4 is 23.4 Å². The van der Waals surface area contributed by atoms with Crippen molar-refractivity contribution in [3.63, 3.8) is 0 Å². The van der Waals surface area contributed by atoms with Crippen molar-refractivity contribution in [3.05, 3.63) is 28.8 Å². The number of thioether (sulfide) groups is 1. The predicted molar refractivity (Wildman–Crippen MR) is 77.2 cm³/mol. The third-order valence-corrected chi connectivity index (χ3v) is 3.97. The van der Waals surface area contributed by atoms with Gasteiger partial charge in [0.15, 0.2) is 0 Å². The lowest BCUT2D eigenvalue weighted by atomic mass is 10.2. The molecule has 1 N–H and O–H groups in total. The summed E-state index contributed by atoms with van der Waals surface area (Å²) in [6.45, 7) is 2.12. The summed E-state index contributed by atoms with van der Waals surface area (Å²) in [6.07, 6.45) is -0.631. The van der Waals surface area contributed by atoms with Crippen LogP contribution in [0.15, 0.2) is 23.4 Å². The molecule has 1 heterocycles. The first kappa shape index (κ1) is 15.1. The Kier molecular flexibility index (Phi) is 5.22. The van der Waals surface area contributed by atoms with E-state index in [1.54, 1.807) is 17.8 Å². The van der Waals surface area contributed by atoms with Crippen LogP contribution >= 0.6 is 23.4 Å². The maximum Gasteiger partial charge on any atom is 0.209 e. The Hall–Kier alpha value is -1.31. The van der Waals surface area contributed by atoms with Crippen molar-refractivity contribution in [2.75, 3.05) is 12.4 Å².